The van der Waals surface area contributed by atoms with Gasteiger partial charge in [0.05, 0.1) is 0 Å². The van der Waals surface area contributed by atoms with E-state index in [4.69, 9.17) is 5.73 Å². The molecule has 6 heteroatoms. The van der Waals surface area contributed by atoms with Crippen molar-refractivity contribution >= 4 is 23.3 Å². The molecule has 16 heavy (non-hydrogen) atoms. The molecule has 1 aliphatic heterocycles. The summed E-state index contributed by atoms with van der Waals surface area (Å²) in [5.41, 5.74) is 6.52. The Labute approximate surface area is 90.2 Å². The summed E-state index contributed by atoms with van der Waals surface area (Å²) in [6.07, 6.45) is -2.21. The standard InChI is InChI=1S/C10H8FN3O2/c11-7-9(15)13-8(14-10(7)16)5-1-3-6(12)4-2-5/h1-4,7H,12H2,(H,13,14,15,16). The van der Waals surface area contributed by atoms with Crippen LogP contribution in [-0.4, -0.2) is 23.8 Å². The fourth-order valence-corrected chi connectivity index (χ4v) is 1.26. The fraction of sp³-hybridized carbons (Fsp3) is 0.100. The molecule has 1 aromatic rings. The van der Waals surface area contributed by atoms with E-state index in [-0.39, 0.29) is 5.84 Å². The first-order chi connectivity index (χ1) is 7.58. The summed E-state index contributed by atoms with van der Waals surface area (Å²) in [4.78, 5) is 25.5. The molecule has 0 aromatic heterocycles. The molecule has 3 N–H and O–H groups in total. The number of nitrogens with two attached hydrogens (primary N) is 1. The van der Waals surface area contributed by atoms with Crippen molar-refractivity contribution in [3.63, 3.8) is 0 Å². The number of nitrogens with one attached hydrogen (secondary N) is 1. The van der Waals surface area contributed by atoms with Crippen molar-refractivity contribution in [3.05, 3.63) is 29.8 Å². The van der Waals surface area contributed by atoms with Crippen LogP contribution in [0.3, 0.4) is 0 Å². The Morgan fingerprint density at radius 3 is 2.44 bits per heavy atom. The van der Waals surface area contributed by atoms with Crippen molar-refractivity contribution in [2.45, 2.75) is 6.17 Å². The number of hydrogen-bond acceptors (Lipinski definition) is 3. The van der Waals surface area contributed by atoms with Gasteiger partial charge < -0.3 is 11.1 Å². The van der Waals surface area contributed by atoms with Gasteiger partial charge in [-0.25, -0.2) is 4.39 Å². The SMILES string of the molecule is Nc1ccc(C2=NC(=O)C(F)C(=O)N2)cc1. The van der Waals surface area contributed by atoms with Crippen LogP contribution < -0.4 is 11.1 Å². The minimum absolute atomic E-state index is 0.0453. The van der Waals surface area contributed by atoms with Crippen LogP contribution in [0.2, 0.25) is 0 Å². The maximum atomic E-state index is 12.8. The van der Waals surface area contributed by atoms with Gasteiger partial charge in [0.15, 0.2) is 0 Å². The minimum Gasteiger partial charge on any atom is -0.399 e. The summed E-state index contributed by atoms with van der Waals surface area (Å²) in [6.45, 7) is 0. The maximum Gasteiger partial charge on any atom is 0.292 e. The summed E-state index contributed by atoms with van der Waals surface area (Å²) in [5, 5.41) is 2.21. The molecule has 0 spiro atoms. The first kappa shape index (κ1) is 10.3. The zero-order chi connectivity index (χ0) is 11.7. The van der Waals surface area contributed by atoms with Crippen LogP contribution in [0.5, 0.6) is 0 Å². The van der Waals surface area contributed by atoms with E-state index in [1.807, 2.05) is 0 Å². The number of halogens is 1. The number of hydrogen-bond donors (Lipinski definition) is 2. The van der Waals surface area contributed by atoms with Gasteiger partial charge in [-0.15, -0.1) is 0 Å². The molecule has 0 bridgehead atoms. The number of alkyl halides is 1. The molecule has 0 saturated carbocycles. The second-order valence-electron chi connectivity index (χ2n) is 3.27. The Bertz CT molecular complexity index is 481. The zero-order valence-electron chi connectivity index (χ0n) is 8.11. The van der Waals surface area contributed by atoms with Crippen LogP contribution in [0.4, 0.5) is 10.1 Å². The number of carbonyl (C=O) groups is 2. The molecule has 1 unspecified atom stereocenters. The first-order valence-corrected chi connectivity index (χ1v) is 4.51. The smallest absolute Gasteiger partial charge is 0.292 e. The van der Waals surface area contributed by atoms with E-state index < -0.39 is 18.0 Å². The van der Waals surface area contributed by atoms with Gasteiger partial charge in [0.2, 0.25) is 0 Å². The molecule has 82 valence electrons. The lowest BCUT2D eigenvalue weighted by Gasteiger charge is -2.15. The number of nitrogens with zero attached hydrogens (tertiary/aromatic N) is 1. The molecule has 0 aliphatic carbocycles. The van der Waals surface area contributed by atoms with Crippen LogP contribution in [0.1, 0.15) is 5.56 Å². The first-order valence-electron chi connectivity index (χ1n) is 4.51. The van der Waals surface area contributed by atoms with E-state index in [2.05, 4.69) is 10.3 Å². The van der Waals surface area contributed by atoms with Crippen molar-refractivity contribution in [3.8, 4) is 0 Å². The Kier molecular flexibility index (Phi) is 2.40. The molecular formula is C10H8FN3O2. The summed E-state index contributed by atoms with van der Waals surface area (Å²) in [5.74, 6) is -2.04. The van der Waals surface area contributed by atoms with Gasteiger partial charge in [-0.1, -0.05) is 0 Å². The number of rotatable bonds is 1. The van der Waals surface area contributed by atoms with Gasteiger partial charge in [0.1, 0.15) is 5.84 Å². The number of amides is 2. The van der Waals surface area contributed by atoms with Crippen molar-refractivity contribution in [1.82, 2.24) is 5.32 Å². The van der Waals surface area contributed by atoms with Gasteiger partial charge in [-0.05, 0) is 24.3 Å². The van der Waals surface area contributed by atoms with Crippen LogP contribution in [0.15, 0.2) is 29.3 Å². The number of anilines is 1. The lowest BCUT2D eigenvalue weighted by atomic mass is 10.1. The molecule has 0 saturated heterocycles. The highest BCUT2D eigenvalue weighted by molar-refractivity contribution is 6.22. The van der Waals surface area contributed by atoms with Gasteiger partial charge in [-0.2, -0.15) is 4.99 Å². The monoisotopic (exact) mass is 221 g/mol. The highest BCUT2D eigenvalue weighted by Crippen LogP contribution is 2.09. The summed E-state index contributed by atoms with van der Waals surface area (Å²) in [7, 11) is 0. The van der Waals surface area contributed by atoms with Crippen molar-refractivity contribution in [1.29, 1.82) is 0 Å². The number of aliphatic imine (C=N–C) groups is 1. The van der Waals surface area contributed by atoms with Gasteiger partial charge >= 0.3 is 0 Å². The highest BCUT2D eigenvalue weighted by Gasteiger charge is 2.31. The van der Waals surface area contributed by atoms with Crippen molar-refractivity contribution in [2.75, 3.05) is 5.73 Å². The highest BCUT2D eigenvalue weighted by atomic mass is 19.1. The van der Waals surface area contributed by atoms with Crippen LogP contribution in [0.25, 0.3) is 0 Å². The molecule has 2 amide bonds. The summed E-state index contributed by atoms with van der Waals surface area (Å²) >= 11 is 0. The Morgan fingerprint density at radius 2 is 1.88 bits per heavy atom. The second kappa shape index (κ2) is 3.73. The second-order valence-corrected chi connectivity index (χ2v) is 3.27. The van der Waals surface area contributed by atoms with Crippen molar-refractivity contribution in [2.24, 2.45) is 4.99 Å². The lowest BCUT2D eigenvalue weighted by molar-refractivity contribution is -0.134. The topological polar surface area (TPSA) is 84.5 Å². The molecule has 1 aromatic carbocycles. The number of nitrogen functional groups attached to an aromatic ring is 1. The molecule has 1 aliphatic rings. The molecule has 0 fully saturated rings. The third-order valence-corrected chi connectivity index (χ3v) is 2.09. The van der Waals surface area contributed by atoms with E-state index in [1.54, 1.807) is 24.3 Å². The summed E-state index contributed by atoms with van der Waals surface area (Å²) in [6, 6.07) is 6.35. The van der Waals surface area contributed by atoms with Gasteiger partial charge in [0, 0.05) is 11.3 Å². The largest absolute Gasteiger partial charge is 0.399 e. The average molecular weight is 221 g/mol. The maximum absolute atomic E-state index is 12.8. The molecule has 5 nitrogen and oxygen atoms in total. The number of benzene rings is 1. The molecule has 1 atom stereocenters. The van der Waals surface area contributed by atoms with Crippen LogP contribution >= 0.6 is 0 Å². The van der Waals surface area contributed by atoms with Crippen LogP contribution in [-0.2, 0) is 9.59 Å². The third kappa shape index (κ3) is 1.77. The number of amidine groups is 1. The van der Waals surface area contributed by atoms with E-state index in [1.165, 1.54) is 0 Å². The average Bonchev–Trinajstić information content (AvgIpc) is 2.26. The van der Waals surface area contributed by atoms with E-state index in [0.29, 0.717) is 11.3 Å². The van der Waals surface area contributed by atoms with E-state index >= 15 is 0 Å². The Balaban J connectivity index is 2.35. The molecule has 0 radical (unpaired) electrons. The zero-order valence-corrected chi connectivity index (χ0v) is 8.11. The van der Waals surface area contributed by atoms with Gasteiger partial charge in [-0.3, -0.25) is 9.59 Å². The Hall–Kier alpha value is -2.24. The predicted octanol–water partition coefficient (Wildman–Crippen LogP) is 0.00990. The predicted molar refractivity (Wildman–Crippen MR) is 55.4 cm³/mol. The molecule has 2 rings (SSSR count). The summed E-state index contributed by atoms with van der Waals surface area (Å²) < 4.78 is 12.8. The normalized spacial score (nSPS) is 20.3. The van der Waals surface area contributed by atoms with Crippen LogP contribution in [0, 0.1) is 0 Å². The van der Waals surface area contributed by atoms with Gasteiger partial charge in [0.25, 0.3) is 18.0 Å². The van der Waals surface area contributed by atoms with E-state index in [0.717, 1.165) is 0 Å². The lowest BCUT2D eigenvalue weighted by Crippen LogP contribution is -2.45. The minimum atomic E-state index is -2.21. The van der Waals surface area contributed by atoms with Crippen molar-refractivity contribution < 1.29 is 14.0 Å². The fourth-order valence-electron chi connectivity index (χ4n) is 1.26. The molecule has 1 heterocycles. The number of carbonyl (C=O) groups excluding carboxylic acids is 2. The van der Waals surface area contributed by atoms with E-state index in [9.17, 15) is 14.0 Å². The molecular weight excluding hydrogens is 213 g/mol. The quantitative estimate of drug-likeness (QED) is 0.517. The Morgan fingerprint density at radius 1 is 1.25 bits per heavy atom. The third-order valence-electron chi connectivity index (χ3n) is 2.09.